The number of carbonyl (C=O) groups is 1. The van der Waals surface area contributed by atoms with Crippen LogP contribution >= 0.6 is 0 Å². The zero-order chi connectivity index (χ0) is 17.8. The maximum atomic E-state index is 12.6. The van der Waals surface area contributed by atoms with E-state index in [1.54, 1.807) is 20.3 Å². The number of amides is 1. The van der Waals surface area contributed by atoms with Gasteiger partial charge in [-0.25, -0.2) is 0 Å². The van der Waals surface area contributed by atoms with Crippen molar-refractivity contribution in [3.8, 4) is 11.5 Å². The van der Waals surface area contributed by atoms with E-state index >= 15 is 0 Å². The molecule has 5 nitrogen and oxygen atoms in total. The first-order valence-corrected chi connectivity index (χ1v) is 8.17. The van der Waals surface area contributed by atoms with Crippen molar-refractivity contribution in [1.82, 2.24) is 5.32 Å². The van der Waals surface area contributed by atoms with Crippen LogP contribution in [0.25, 0.3) is 11.0 Å². The van der Waals surface area contributed by atoms with Gasteiger partial charge in [-0.15, -0.1) is 0 Å². The molecule has 0 saturated carbocycles. The van der Waals surface area contributed by atoms with Crippen LogP contribution in [0.1, 0.15) is 35.5 Å². The number of hydrogen-bond donors (Lipinski definition) is 1. The lowest BCUT2D eigenvalue weighted by Crippen LogP contribution is -2.27. The van der Waals surface area contributed by atoms with Crippen molar-refractivity contribution in [1.29, 1.82) is 0 Å². The first-order chi connectivity index (χ1) is 12.2. The molecule has 0 radical (unpaired) electrons. The van der Waals surface area contributed by atoms with E-state index in [1.807, 2.05) is 49.4 Å². The molecule has 0 saturated heterocycles. The van der Waals surface area contributed by atoms with Crippen LogP contribution in [-0.2, 0) is 0 Å². The molecular weight excluding hydrogens is 318 g/mol. The monoisotopic (exact) mass is 339 g/mol. The van der Waals surface area contributed by atoms with Gasteiger partial charge < -0.3 is 19.2 Å². The minimum absolute atomic E-state index is 0.152. The Kier molecular flexibility index (Phi) is 4.93. The van der Waals surface area contributed by atoms with Crippen molar-refractivity contribution in [2.24, 2.45) is 0 Å². The second kappa shape index (κ2) is 7.30. The van der Waals surface area contributed by atoms with Crippen molar-refractivity contribution in [2.75, 3.05) is 14.2 Å². The summed E-state index contributed by atoms with van der Waals surface area (Å²) in [6.07, 6.45) is 0.738. The van der Waals surface area contributed by atoms with Gasteiger partial charge in [0, 0.05) is 5.39 Å². The van der Waals surface area contributed by atoms with Crippen LogP contribution in [0.5, 0.6) is 11.5 Å². The van der Waals surface area contributed by atoms with E-state index < -0.39 is 0 Å². The molecule has 130 valence electrons. The van der Waals surface area contributed by atoms with Crippen LogP contribution < -0.4 is 14.8 Å². The van der Waals surface area contributed by atoms with Crippen LogP contribution in [0.2, 0.25) is 0 Å². The van der Waals surface area contributed by atoms with Crippen LogP contribution in [0.15, 0.2) is 52.9 Å². The highest BCUT2D eigenvalue weighted by molar-refractivity contribution is 5.96. The molecule has 1 aromatic heterocycles. The molecule has 3 rings (SSSR count). The summed E-state index contributed by atoms with van der Waals surface area (Å²) in [4.78, 5) is 12.6. The third kappa shape index (κ3) is 3.45. The molecule has 1 N–H and O–H groups in total. The molecule has 5 heteroatoms. The Morgan fingerprint density at radius 3 is 2.52 bits per heavy atom. The van der Waals surface area contributed by atoms with Crippen LogP contribution in [-0.4, -0.2) is 20.1 Å². The van der Waals surface area contributed by atoms with Gasteiger partial charge in [0.1, 0.15) is 5.58 Å². The molecule has 25 heavy (non-hydrogen) atoms. The molecule has 1 amide bonds. The van der Waals surface area contributed by atoms with Gasteiger partial charge in [0.05, 0.1) is 20.3 Å². The molecule has 0 aliphatic carbocycles. The zero-order valence-corrected chi connectivity index (χ0v) is 14.5. The van der Waals surface area contributed by atoms with Gasteiger partial charge in [0.15, 0.2) is 17.3 Å². The van der Waals surface area contributed by atoms with E-state index in [2.05, 4.69) is 5.32 Å². The molecule has 1 heterocycles. The normalized spacial score (nSPS) is 12.0. The first kappa shape index (κ1) is 16.9. The third-order valence-corrected chi connectivity index (χ3v) is 4.17. The zero-order valence-electron chi connectivity index (χ0n) is 14.5. The van der Waals surface area contributed by atoms with Crippen molar-refractivity contribution >= 4 is 16.9 Å². The van der Waals surface area contributed by atoms with E-state index in [-0.39, 0.29) is 11.9 Å². The average Bonchev–Trinajstić information content (AvgIpc) is 3.09. The molecule has 2 aromatic carbocycles. The summed E-state index contributed by atoms with van der Waals surface area (Å²) >= 11 is 0. The topological polar surface area (TPSA) is 60.7 Å². The Balaban J connectivity index is 1.82. The number of hydrogen-bond acceptors (Lipinski definition) is 4. The predicted octanol–water partition coefficient (Wildman–Crippen LogP) is 4.33. The standard InChI is InChI=1S/C20H21NO4/c1-4-15(13-9-10-17(23-2)18(11-13)24-3)21-20(22)19-12-14-7-5-6-8-16(14)25-19/h5-12,15H,4H2,1-3H3,(H,21,22)/t15-/m1/s1. The van der Waals surface area contributed by atoms with Crippen LogP contribution in [0.4, 0.5) is 0 Å². The van der Waals surface area contributed by atoms with Crippen LogP contribution in [0, 0.1) is 0 Å². The Morgan fingerprint density at radius 2 is 1.84 bits per heavy atom. The summed E-state index contributed by atoms with van der Waals surface area (Å²) in [6, 6.07) is 14.8. The summed E-state index contributed by atoms with van der Waals surface area (Å²) in [6.45, 7) is 2.01. The van der Waals surface area contributed by atoms with E-state index in [0.717, 1.165) is 17.4 Å². The lowest BCUT2D eigenvalue weighted by molar-refractivity contribution is 0.0909. The quantitative estimate of drug-likeness (QED) is 0.726. The van der Waals surface area contributed by atoms with Crippen LogP contribution in [0.3, 0.4) is 0 Å². The third-order valence-electron chi connectivity index (χ3n) is 4.17. The number of para-hydroxylation sites is 1. The van der Waals surface area contributed by atoms with E-state index in [1.165, 1.54) is 0 Å². The second-order valence-corrected chi connectivity index (χ2v) is 5.70. The van der Waals surface area contributed by atoms with Crippen molar-refractivity contribution < 1.29 is 18.7 Å². The molecule has 0 fully saturated rings. The number of methoxy groups -OCH3 is 2. The fraction of sp³-hybridized carbons (Fsp3) is 0.250. The van der Waals surface area contributed by atoms with Gasteiger partial charge >= 0.3 is 0 Å². The Morgan fingerprint density at radius 1 is 1.08 bits per heavy atom. The van der Waals surface area contributed by atoms with Crippen molar-refractivity contribution in [3.63, 3.8) is 0 Å². The largest absolute Gasteiger partial charge is 0.493 e. The number of carbonyl (C=O) groups excluding carboxylic acids is 1. The van der Waals surface area contributed by atoms with Gasteiger partial charge in [-0.2, -0.15) is 0 Å². The molecule has 0 unspecified atom stereocenters. The molecule has 0 spiro atoms. The fourth-order valence-electron chi connectivity index (χ4n) is 2.81. The summed E-state index contributed by atoms with van der Waals surface area (Å²) in [5.74, 6) is 1.36. The minimum Gasteiger partial charge on any atom is -0.493 e. The lowest BCUT2D eigenvalue weighted by atomic mass is 10.0. The number of furan rings is 1. The molecule has 0 bridgehead atoms. The summed E-state index contributed by atoms with van der Waals surface area (Å²) in [7, 11) is 3.19. The number of fused-ring (bicyclic) bond motifs is 1. The van der Waals surface area contributed by atoms with Gasteiger partial charge in [0.2, 0.25) is 0 Å². The number of nitrogens with one attached hydrogen (secondary N) is 1. The Hall–Kier alpha value is -2.95. The maximum Gasteiger partial charge on any atom is 0.287 e. The molecule has 3 aromatic rings. The van der Waals surface area contributed by atoms with Gasteiger partial charge in [-0.05, 0) is 36.2 Å². The predicted molar refractivity (Wildman–Crippen MR) is 96.3 cm³/mol. The van der Waals surface area contributed by atoms with E-state index in [0.29, 0.717) is 22.8 Å². The molecule has 0 aliphatic heterocycles. The highest BCUT2D eigenvalue weighted by Gasteiger charge is 2.18. The highest BCUT2D eigenvalue weighted by Crippen LogP contribution is 2.31. The van der Waals surface area contributed by atoms with Gasteiger partial charge in [-0.3, -0.25) is 4.79 Å². The second-order valence-electron chi connectivity index (χ2n) is 5.70. The summed E-state index contributed by atoms with van der Waals surface area (Å²) in [5, 5.41) is 3.93. The number of ether oxygens (including phenoxy) is 2. The van der Waals surface area contributed by atoms with Gasteiger partial charge in [-0.1, -0.05) is 31.2 Å². The molecule has 0 aliphatic rings. The van der Waals surface area contributed by atoms with Crippen molar-refractivity contribution in [3.05, 3.63) is 59.9 Å². The average molecular weight is 339 g/mol. The van der Waals surface area contributed by atoms with E-state index in [4.69, 9.17) is 13.9 Å². The maximum absolute atomic E-state index is 12.6. The lowest BCUT2D eigenvalue weighted by Gasteiger charge is -2.18. The van der Waals surface area contributed by atoms with Gasteiger partial charge in [0.25, 0.3) is 5.91 Å². The SMILES string of the molecule is CC[C@@H](NC(=O)c1cc2ccccc2o1)c1ccc(OC)c(OC)c1. The summed E-state index contributed by atoms with van der Waals surface area (Å²) in [5.41, 5.74) is 1.65. The summed E-state index contributed by atoms with van der Waals surface area (Å²) < 4.78 is 16.2. The Bertz CT molecular complexity index is 851. The highest BCUT2D eigenvalue weighted by atomic mass is 16.5. The minimum atomic E-state index is -0.238. The Labute approximate surface area is 146 Å². The van der Waals surface area contributed by atoms with Crippen molar-refractivity contribution in [2.45, 2.75) is 19.4 Å². The fourth-order valence-corrected chi connectivity index (χ4v) is 2.81. The van der Waals surface area contributed by atoms with E-state index in [9.17, 15) is 4.79 Å². The number of benzene rings is 2. The smallest absolute Gasteiger partial charge is 0.287 e. The molecular formula is C20H21NO4. The number of rotatable bonds is 6. The molecule has 1 atom stereocenters. The first-order valence-electron chi connectivity index (χ1n) is 8.17.